The lowest BCUT2D eigenvalue weighted by Gasteiger charge is -2.08. The second-order valence-corrected chi connectivity index (χ2v) is 7.66. The molecule has 0 atom stereocenters. The van der Waals surface area contributed by atoms with E-state index in [1.165, 1.54) is 12.3 Å². The lowest BCUT2D eigenvalue weighted by molar-refractivity contribution is -0.111. The Morgan fingerprint density at radius 1 is 1.00 bits per heavy atom. The molecule has 33 heavy (non-hydrogen) atoms. The topological polar surface area (TPSA) is 88.4 Å². The van der Waals surface area contributed by atoms with Crippen molar-refractivity contribution in [2.75, 3.05) is 12.4 Å². The summed E-state index contributed by atoms with van der Waals surface area (Å²) in [5, 5.41) is 7.53. The summed E-state index contributed by atoms with van der Waals surface area (Å²) >= 11 is 0. The molecule has 5 aromatic rings. The van der Waals surface area contributed by atoms with Gasteiger partial charge in [0.05, 0.1) is 27.8 Å². The second-order valence-electron chi connectivity index (χ2n) is 7.66. The Balaban J connectivity index is 1.58. The number of aromatic nitrogens is 3. The summed E-state index contributed by atoms with van der Waals surface area (Å²) in [5.41, 5.74) is 4.57. The largest absolute Gasteiger partial charge is 0.355 e. The Labute approximate surface area is 189 Å². The van der Waals surface area contributed by atoms with Crippen molar-refractivity contribution in [3.05, 3.63) is 90.0 Å². The predicted molar refractivity (Wildman–Crippen MR) is 130 cm³/mol. The molecule has 2 N–H and O–H groups in total. The molecule has 0 spiro atoms. The minimum atomic E-state index is -0.280. The summed E-state index contributed by atoms with van der Waals surface area (Å²) in [6.45, 7) is 1.96. The van der Waals surface area contributed by atoms with Gasteiger partial charge in [-0.15, -0.1) is 0 Å². The van der Waals surface area contributed by atoms with Crippen LogP contribution in [0.5, 0.6) is 0 Å². The number of anilines is 1. The predicted octanol–water partition coefficient (Wildman–Crippen LogP) is 4.36. The van der Waals surface area contributed by atoms with Crippen LogP contribution in [0.4, 0.5) is 5.69 Å². The molecule has 0 fully saturated rings. The maximum absolute atomic E-state index is 12.9. The van der Waals surface area contributed by atoms with E-state index >= 15 is 0 Å². The van der Waals surface area contributed by atoms with Gasteiger partial charge in [-0.3, -0.25) is 19.0 Å². The molecule has 162 valence electrons. The smallest absolute Gasteiger partial charge is 0.252 e. The first-order valence-electron chi connectivity index (χ1n) is 10.5. The van der Waals surface area contributed by atoms with Gasteiger partial charge >= 0.3 is 0 Å². The van der Waals surface area contributed by atoms with Gasteiger partial charge < -0.3 is 10.6 Å². The molecular weight excluding hydrogens is 414 g/mol. The number of amides is 2. The zero-order chi connectivity index (χ0) is 22.9. The number of aryl methyl sites for hydroxylation is 1. The Kier molecular flexibility index (Phi) is 5.06. The van der Waals surface area contributed by atoms with E-state index in [-0.39, 0.29) is 11.8 Å². The molecule has 7 nitrogen and oxygen atoms in total. The summed E-state index contributed by atoms with van der Waals surface area (Å²) in [6, 6.07) is 17.5. The lowest BCUT2D eigenvalue weighted by atomic mass is 10.1. The van der Waals surface area contributed by atoms with Gasteiger partial charge in [0.2, 0.25) is 5.91 Å². The van der Waals surface area contributed by atoms with Crippen LogP contribution in [0.2, 0.25) is 0 Å². The minimum absolute atomic E-state index is 0.232. The molecule has 3 heterocycles. The van der Waals surface area contributed by atoms with Gasteiger partial charge in [0, 0.05) is 36.3 Å². The van der Waals surface area contributed by atoms with E-state index < -0.39 is 0 Å². The number of rotatable bonds is 4. The molecule has 0 saturated carbocycles. The van der Waals surface area contributed by atoms with Gasteiger partial charge in [0.25, 0.3) is 5.91 Å². The Bertz CT molecular complexity index is 1580. The molecular formula is C26H21N5O2. The third-order valence-corrected chi connectivity index (χ3v) is 5.56. The van der Waals surface area contributed by atoms with E-state index in [0.717, 1.165) is 38.8 Å². The number of carbonyl (C=O) groups excluding carboxylic acids is 2. The normalized spacial score (nSPS) is 11.5. The van der Waals surface area contributed by atoms with Crippen LogP contribution >= 0.6 is 0 Å². The van der Waals surface area contributed by atoms with Crippen molar-refractivity contribution in [2.45, 2.75) is 6.92 Å². The molecule has 0 aliphatic heterocycles. The third kappa shape index (κ3) is 3.59. The number of fused-ring (bicyclic) bond motifs is 5. The Morgan fingerprint density at radius 3 is 2.58 bits per heavy atom. The van der Waals surface area contributed by atoms with E-state index in [2.05, 4.69) is 20.0 Å². The molecule has 5 rings (SSSR count). The lowest BCUT2D eigenvalue weighted by Crippen LogP contribution is -2.17. The molecule has 0 unspecified atom stereocenters. The van der Waals surface area contributed by atoms with Crippen molar-refractivity contribution in [3.63, 3.8) is 0 Å². The maximum atomic E-state index is 12.9. The SMILES string of the molecule is CNC(=O)c1cncc(/C=C/C(=O)Nc2c3ccccc3n3c(C)nc4ccccc4c23)c1. The number of hydrogen-bond donors (Lipinski definition) is 2. The van der Waals surface area contributed by atoms with Gasteiger partial charge in [-0.1, -0.05) is 36.4 Å². The van der Waals surface area contributed by atoms with Crippen molar-refractivity contribution in [2.24, 2.45) is 0 Å². The maximum Gasteiger partial charge on any atom is 0.252 e. The zero-order valence-electron chi connectivity index (χ0n) is 18.2. The van der Waals surface area contributed by atoms with E-state index in [9.17, 15) is 9.59 Å². The highest BCUT2D eigenvalue weighted by molar-refractivity contribution is 6.18. The van der Waals surface area contributed by atoms with Crippen molar-refractivity contribution in [3.8, 4) is 0 Å². The van der Waals surface area contributed by atoms with Gasteiger partial charge in [-0.2, -0.15) is 0 Å². The average Bonchev–Trinajstić information content (AvgIpc) is 3.17. The number of hydrogen-bond acceptors (Lipinski definition) is 4. The molecule has 0 aliphatic carbocycles. The fourth-order valence-corrected chi connectivity index (χ4v) is 4.11. The van der Waals surface area contributed by atoms with Crippen LogP contribution in [0.1, 0.15) is 21.7 Å². The van der Waals surface area contributed by atoms with Crippen LogP contribution in [0, 0.1) is 6.92 Å². The number of carbonyl (C=O) groups is 2. The van der Waals surface area contributed by atoms with Crippen LogP contribution < -0.4 is 10.6 Å². The molecule has 0 aliphatic rings. The highest BCUT2D eigenvalue weighted by Crippen LogP contribution is 2.36. The highest BCUT2D eigenvalue weighted by atomic mass is 16.2. The van der Waals surface area contributed by atoms with Gasteiger partial charge in [-0.05, 0) is 36.8 Å². The minimum Gasteiger partial charge on any atom is -0.355 e. The van der Waals surface area contributed by atoms with Crippen LogP contribution in [0.15, 0.2) is 73.1 Å². The number of nitrogens with zero attached hydrogens (tertiary/aromatic N) is 3. The summed E-state index contributed by atoms with van der Waals surface area (Å²) in [7, 11) is 1.56. The third-order valence-electron chi connectivity index (χ3n) is 5.56. The van der Waals surface area contributed by atoms with E-state index in [0.29, 0.717) is 11.1 Å². The van der Waals surface area contributed by atoms with Crippen LogP contribution in [-0.2, 0) is 4.79 Å². The first-order chi connectivity index (χ1) is 16.1. The summed E-state index contributed by atoms with van der Waals surface area (Å²) in [6.07, 6.45) is 6.17. The van der Waals surface area contributed by atoms with E-state index in [4.69, 9.17) is 4.98 Å². The van der Waals surface area contributed by atoms with Crippen LogP contribution in [0.25, 0.3) is 33.4 Å². The zero-order valence-corrected chi connectivity index (χ0v) is 18.2. The summed E-state index contributed by atoms with van der Waals surface area (Å²) in [4.78, 5) is 33.6. The van der Waals surface area contributed by atoms with Crippen LogP contribution in [0.3, 0.4) is 0 Å². The molecule has 2 aromatic carbocycles. The van der Waals surface area contributed by atoms with Crippen LogP contribution in [-0.4, -0.2) is 33.2 Å². The number of pyridine rings is 1. The van der Waals surface area contributed by atoms with Gasteiger partial charge in [0.1, 0.15) is 5.82 Å². The summed E-state index contributed by atoms with van der Waals surface area (Å²) in [5.74, 6) is 0.329. The van der Waals surface area contributed by atoms with E-state index in [1.807, 2.05) is 55.5 Å². The molecule has 0 bridgehead atoms. The summed E-state index contributed by atoms with van der Waals surface area (Å²) < 4.78 is 2.08. The molecule has 0 radical (unpaired) electrons. The monoisotopic (exact) mass is 435 g/mol. The molecule has 7 heteroatoms. The molecule has 2 amide bonds. The highest BCUT2D eigenvalue weighted by Gasteiger charge is 2.17. The fourth-order valence-electron chi connectivity index (χ4n) is 4.11. The number of benzene rings is 2. The van der Waals surface area contributed by atoms with Crippen molar-refractivity contribution in [1.29, 1.82) is 0 Å². The van der Waals surface area contributed by atoms with Gasteiger partial charge in [-0.25, -0.2) is 4.98 Å². The van der Waals surface area contributed by atoms with E-state index in [1.54, 1.807) is 25.4 Å². The Morgan fingerprint density at radius 2 is 1.76 bits per heavy atom. The second kappa shape index (κ2) is 8.20. The quantitative estimate of drug-likeness (QED) is 0.411. The number of para-hydroxylation sites is 2. The first kappa shape index (κ1) is 20.4. The average molecular weight is 435 g/mol. The Hall–Kier alpha value is -4.52. The molecule has 0 saturated heterocycles. The molecule has 3 aromatic heterocycles. The number of nitrogens with one attached hydrogen (secondary N) is 2. The first-order valence-corrected chi connectivity index (χ1v) is 10.5. The fraction of sp³-hybridized carbons (Fsp3) is 0.0769. The van der Waals surface area contributed by atoms with Crippen molar-refractivity contribution in [1.82, 2.24) is 19.7 Å². The standard InChI is InChI=1S/C26H21N5O2/c1-16-29-21-9-5-3-7-19(21)25-24(20-8-4-6-10-22(20)31(16)25)30-23(32)12-11-17-13-18(15-28-14-17)26(33)27-2/h3-15H,1-2H3,(H,27,33)(H,30,32)/b12-11+. The van der Waals surface area contributed by atoms with Crippen molar-refractivity contribution >= 4 is 50.9 Å². The van der Waals surface area contributed by atoms with Crippen molar-refractivity contribution < 1.29 is 9.59 Å². The van der Waals surface area contributed by atoms with Gasteiger partial charge in [0.15, 0.2) is 0 Å².